The monoisotopic (exact) mass is 354 g/mol. The minimum Gasteiger partial charge on any atom is -0.497 e. The first-order valence-electron chi connectivity index (χ1n) is 7.53. The molecule has 4 rings (SSSR count). The predicted molar refractivity (Wildman–Crippen MR) is 94.4 cm³/mol. The molecular weight excluding hydrogens is 340 g/mol. The molecular formula is C18H14N2O4S. The second-order valence-electron chi connectivity index (χ2n) is 5.46. The Balaban J connectivity index is 1.82. The second-order valence-corrected chi connectivity index (χ2v) is 6.97. The average molecular weight is 354 g/mol. The van der Waals surface area contributed by atoms with Crippen molar-refractivity contribution in [2.24, 2.45) is 0 Å². The number of rotatable bonds is 4. The highest BCUT2D eigenvalue weighted by molar-refractivity contribution is 7.87. The third-order valence-electron chi connectivity index (χ3n) is 3.94. The van der Waals surface area contributed by atoms with Crippen molar-refractivity contribution in [2.45, 2.75) is 4.90 Å². The summed E-state index contributed by atoms with van der Waals surface area (Å²) in [6, 6.07) is 17.5. The number of methoxy groups -OCH3 is 1. The Kier molecular flexibility index (Phi) is 3.58. The van der Waals surface area contributed by atoms with Crippen LogP contribution < -0.4 is 8.92 Å². The fraction of sp³-hybridized carbons (Fsp3) is 0.0556. The Morgan fingerprint density at radius 1 is 0.960 bits per heavy atom. The summed E-state index contributed by atoms with van der Waals surface area (Å²) in [5.74, 6) is 0.572. The molecule has 6 nitrogen and oxygen atoms in total. The van der Waals surface area contributed by atoms with E-state index in [1.165, 1.54) is 13.2 Å². The van der Waals surface area contributed by atoms with E-state index in [0.717, 1.165) is 5.39 Å². The van der Waals surface area contributed by atoms with Crippen LogP contribution in [0, 0.1) is 0 Å². The van der Waals surface area contributed by atoms with Gasteiger partial charge in [0.05, 0.1) is 18.0 Å². The zero-order valence-corrected chi connectivity index (χ0v) is 14.1. The van der Waals surface area contributed by atoms with E-state index in [1.807, 2.05) is 18.2 Å². The van der Waals surface area contributed by atoms with Crippen LogP contribution in [0.2, 0.25) is 0 Å². The minimum atomic E-state index is -4.04. The van der Waals surface area contributed by atoms with Crippen LogP contribution in [0.25, 0.3) is 21.7 Å². The largest absolute Gasteiger partial charge is 0.497 e. The van der Waals surface area contributed by atoms with Crippen molar-refractivity contribution in [2.75, 3.05) is 7.11 Å². The minimum absolute atomic E-state index is 0.0122. The summed E-state index contributed by atoms with van der Waals surface area (Å²) in [6.45, 7) is 0. The van der Waals surface area contributed by atoms with Gasteiger partial charge in [0.2, 0.25) is 0 Å². The van der Waals surface area contributed by atoms with Crippen molar-refractivity contribution < 1.29 is 17.3 Å². The number of H-pyrrole nitrogens is 1. The second kappa shape index (κ2) is 5.78. The van der Waals surface area contributed by atoms with Crippen LogP contribution in [0.4, 0.5) is 0 Å². The van der Waals surface area contributed by atoms with Gasteiger partial charge in [0.1, 0.15) is 10.6 Å². The standard InChI is InChI=1S/C18H14N2O4S/c1-23-13-9-10-16-15(11-13)18(20-19-16)24-25(21,22)17-8-4-6-12-5-2-3-7-14(12)17/h2-11H,1H3,(H,19,20). The molecule has 7 heteroatoms. The van der Waals surface area contributed by atoms with Gasteiger partial charge in [-0.15, -0.1) is 5.10 Å². The summed E-state index contributed by atoms with van der Waals surface area (Å²) in [7, 11) is -2.51. The van der Waals surface area contributed by atoms with Gasteiger partial charge in [-0.2, -0.15) is 8.42 Å². The zero-order valence-electron chi connectivity index (χ0n) is 13.3. The molecule has 0 amide bonds. The van der Waals surface area contributed by atoms with Crippen LogP contribution in [0.1, 0.15) is 0 Å². The molecule has 0 unspecified atom stereocenters. The van der Waals surface area contributed by atoms with Crippen LogP contribution in [-0.2, 0) is 10.1 Å². The lowest BCUT2D eigenvalue weighted by molar-refractivity contribution is 0.415. The fourth-order valence-corrected chi connectivity index (χ4v) is 3.85. The molecule has 1 N–H and O–H groups in total. The quantitative estimate of drug-likeness (QED) is 0.567. The topological polar surface area (TPSA) is 81.3 Å². The normalized spacial score (nSPS) is 11.7. The number of hydrogen-bond acceptors (Lipinski definition) is 5. The fourth-order valence-electron chi connectivity index (χ4n) is 2.72. The molecule has 1 heterocycles. The predicted octanol–water partition coefficient (Wildman–Crippen LogP) is 3.49. The number of benzene rings is 3. The van der Waals surface area contributed by atoms with Crippen molar-refractivity contribution >= 4 is 31.8 Å². The number of nitrogens with zero attached hydrogens (tertiary/aromatic N) is 1. The first-order valence-corrected chi connectivity index (χ1v) is 8.94. The highest BCUT2D eigenvalue weighted by Crippen LogP contribution is 2.30. The van der Waals surface area contributed by atoms with Crippen LogP contribution in [0.5, 0.6) is 11.6 Å². The maximum absolute atomic E-state index is 12.8. The molecule has 0 fully saturated rings. The van der Waals surface area contributed by atoms with E-state index in [9.17, 15) is 8.42 Å². The lowest BCUT2D eigenvalue weighted by atomic mass is 10.1. The van der Waals surface area contributed by atoms with Gasteiger partial charge in [-0.05, 0) is 29.7 Å². The maximum Gasteiger partial charge on any atom is 0.341 e. The summed E-state index contributed by atoms with van der Waals surface area (Å²) in [5.41, 5.74) is 0.656. The zero-order chi connectivity index (χ0) is 17.4. The van der Waals surface area contributed by atoms with Gasteiger partial charge in [0, 0.05) is 5.39 Å². The third-order valence-corrected chi connectivity index (χ3v) is 5.21. The highest BCUT2D eigenvalue weighted by atomic mass is 32.2. The molecule has 25 heavy (non-hydrogen) atoms. The van der Waals surface area contributed by atoms with Gasteiger partial charge in [-0.1, -0.05) is 36.4 Å². The van der Waals surface area contributed by atoms with Gasteiger partial charge in [0.15, 0.2) is 0 Å². The molecule has 126 valence electrons. The van der Waals surface area contributed by atoms with Crippen LogP contribution in [0.15, 0.2) is 65.6 Å². The first kappa shape index (κ1) is 15.5. The van der Waals surface area contributed by atoms with Gasteiger partial charge < -0.3 is 8.92 Å². The molecule has 0 radical (unpaired) electrons. The summed E-state index contributed by atoms with van der Waals surface area (Å²) in [6.07, 6.45) is 0. The van der Waals surface area contributed by atoms with Gasteiger partial charge in [-0.25, -0.2) is 0 Å². The van der Waals surface area contributed by atoms with E-state index in [2.05, 4.69) is 10.2 Å². The molecule has 0 bridgehead atoms. The van der Waals surface area contributed by atoms with Crippen molar-refractivity contribution in [3.05, 3.63) is 60.7 Å². The molecule has 0 saturated carbocycles. The summed E-state index contributed by atoms with van der Waals surface area (Å²) in [5, 5.41) is 8.69. The highest BCUT2D eigenvalue weighted by Gasteiger charge is 2.22. The van der Waals surface area contributed by atoms with Crippen molar-refractivity contribution in [3.8, 4) is 11.6 Å². The SMILES string of the molecule is COc1ccc2[nH]nc(OS(=O)(=O)c3cccc4ccccc34)c2c1. The number of aromatic amines is 1. The summed E-state index contributed by atoms with van der Waals surface area (Å²) < 4.78 is 36.1. The Labute approximate surface area is 144 Å². The Hall–Kier alpha value is -3.06. The molecule has 4 aromatic rings. The lowest BCUT2D eigenvalue weighted by Gasteiger charge is -2.08. The van der Waals surface area contributed by atoms with E-state index in [-0.39, 0.29) is 10.8 Å². The molecule has 0 spiro atoms. The van der Waals surface area contributed by atoms with Crippen LogP contribution in [0.3, 0.4) is 0 Å². The van der Waals surface area contributed by atoms with E-state index in [0.29, 0.717) is 22.0 Å². The number of aromatic nitrogens is 2. The smallest absolute Gasteiger partial charge is 0.341 e. The summed E-state index contributed by atoms with van der Waals surface area (Å²) in [4.78, 5) is 0.102. The van der Waals surface area contributed by atoms with E-state index < -0.39 is 10.1 Å². The molecule has 0 aliphatic heterocycles. The number of fused-ring (bicyclic) bond motifs is 2. The molecule has 1 aromatic heterocycles. The van der Waals surface area contributed by atoms with Crippen molar-refractivity contribution in [1.29, 1.82) is 0 Å². The summed E-state index contributed by atoms with van der Waals surface area (Å²) >= 11 is 0. The lowest BCUT2D eigenvalue weighted by Crippen LogP contribution is -2.10. The molecule has 0 aliphatic carbocycles. The van der Waals surface area contributed by atoms with Gasteiger partial charge in [-0.3, -0.25) is 5.10 Å². The maximum atomic E-state index is 12.8. The Morgan fingerprint density at radius 2 is 1.76 bits per heavy atom. The number of hydrogen-bond donors (Lipinski definition) is 1. The van der Waals surface area contributed by atoms with Gasteiger partial charge >= 0.3 is 10.1 Å². The van der Waals surface area contributed by atoms with E-state index in [4.69, 9.17) is 8.92 Å². The van der Waals surface area contributed by atoms with Crippen LogP contribution in [-0.4, -0.2) is 25.7 Å². The first-order chi connectivity index (χ1) is 12.1. The Bertz CT molecular complexity index is 1180. The van der Waals surface area contributed by atoms with Crippen molar-refractivity contribution in [1.82, 2.24) is 10.2 Å². The third kappa shape index (κ3) is 2.68. The number of ether oxygens (including phenoxy) is 1. The van der Waals surface area contributed by atoms with E-state index in [1.54, 1.807) is 36.4 Å². The Morgan fingerprint density at radius 3 is 2.60 bits per heavy atom. The molecule has 0 aliphatic rings. The van der Waals surface area contributed by atoms with Gasteiger partial charge in [0.25, 0.3) is 5.88 Å². The number of nitrogens with one attached hydrogen (secondary N) is 1. The average Bonchev–Trinajstić information content (AvgIpc) is 3.02. The van der Waals surface area contributed by atoms with Crippen molar-refractivity contribution in [3.63, 3.8) is 0 Å². The van der Waals surface area contributed by atoms with Crippen LogP contribution >= 0.6 is 0 Å². The molecule has 3 aromatic carbocycles. The van der Waals surface area contributed by atoms with E-state index >= 15 is 0 Å². The molecule has 0 saturated heterocycles. The molecule has 0 atom stereocenters.